The fourth-order valence-electron chi connectivity index (χ4n) is 1.53. The maximum atomic E-state index is 11.4. The molecule has 0 aromatic carbocycles. The number of rotatable bonds is 8. The second-order valence-corrected chi connectivity index (χ2v) is 7.24. The molecule has 0 aliphatic rings. The molecular weight excluding hydrogens is 304 g/mol. The summed E-state index contributed by atoms with van der Waals surface area (Å²) in [4.78, 5) is 22.4. The molecule has 2 N–H and O–H groups in total. The first-order valence-corrected chi connectivity index (χ1v) is 9.08. The van der Waals surface area contributed by atoms with Crippen molar-refractivity contribution in [2.45, 2.75) is 40.7 Å². The molecule has 116 valence electrons. The van der Waals surface area contributed by atoms with Crippen molar-refractivity contribution in [3.8, 4) is 0 Å². The van der Waals surface area contributed by atoms with Crippen LogP contribution in [0.3, 0.4) is 0 Å². The summed E-state index contributed by atoms with van der Waals surface area (Å²) in [5.74, 6) is 2.14. The highest BCUT2D eigenvalue weighted by atomic mass is 33.1. The first-order valence-electron chi connectivity index (χ1n) is 6.76. The van der Waals surface area contributed by atoms with Gasteiger partial charge in [-0.1, -0.05) is 28.5 Å². The van der Waals surface area contributed by atoms with Gasteiger partial charge in [0.2, 0.25) is 6.41 Å². The van der Waals surface area contributed by atoms with E-state index >= 15 is 0 Å². The number of amides is 1. The Kier molecular flexibility index (Phi) is 7.60. The molecule has 0 saturated carbocycles. The lowest BCUT2D eigenvalue weighted by Gasteiger charge is -2.20. The number of aromatic nitrogens is 2. The van der Waals surface area contributed by atoms with Crippen molar-refractivity contribution in [2.24, 2.45) is 0 Å². The lowest BCUT2D eigenvalue weighted by atomic mass is 10.2. The second kappa shape index (κ2) is 8.94. The lowest BCUT2D eigenvalue weighted by molar-refractivity contribution is -0.116. The molecule has 5 nitrogen and oxygen atoms in total. The van der Waals surface area contributed by atoms with Gasteiger partial charge in [-0.05, 0) is 27.2 Å². The standard InChI is InChI=1S/C14H22N4OS2/c1-5-6-20-21-11(3)10(2)18(9-19)8-13-7-16-12(4)17-14(13)15/h7,9H,5-6,8H2,1-4H3,(H2,15,16,17)/b11-10-. The van der Waals surface area contributed by atoms with Gasteiger partial charge in [0.15, 0.2) is 0 Å². The van der Waals surface area contributed by atoms with Crippen molar-refractivity contribution < 1.29 is 4.79 Å². The van der Waals surface area contributed by atoms with Crippen LogP contribution in [0.4, 0.5) is 5.82 Å². The molecule has 1 rings (SSSR count). The Balaban J connectivity index is 2.82. The van der Waals surface area contributed by atoms with Crippen LogP contribution < -0.4 is 5.73 Å². The topological polar surface area (TPSA) is 72.1 Å². The monoisotopic (exact) mass is 326 g/mol. The minimum absolute atomic E-state index is 0.387. The molecule has 0 radical (unpaired) electrons. The van der Waals surface area contributed by atoms with E-state index in [-0.39, 0.29) is 0 Å². The Morgan fingerprint density at radius 1 is 1.48 bits per heavy atom. The third-order valence-corrected chi connectivity index (χ3v) is 5.74. The molecule has 7 heteroatoms. The van der Waals surface area contributed by atoms with Gasteiger partial charge in [0.05, 0.1) is 6.54 Å². The summed E-state index contributed by atoms with van der Waals surface area (Å²) in [5, 5.41) is 0. The number of carbonyl (C=O) groups is 1. The molecule has 1 aromatic heterocycles. The van der Waals surface area contributed by atoms with Gasteiger partial charge in [-0.3, -0.25) is 4.79 Å². The van der Waals surface area contributed by atoms with Crippen LogP contribution in [0.25, 0.3) is 0 Å². The molecule has 0 saturated heterocycles. The van der Waals surface area contributed by atoms with Crippen LogP contribution in [0.2, 0.25) is 0 Å². The molecule has 0 aliphatic heterocycles. The zero-order chi connectivity index (χ0) is 15.8. The fourth-order valence-corrected chi connectivity index (χ4v) is 3.84. The maximum Gasteiger partial charge on any atom is 0.214 e. The molecule has 1 amide bonds. The number of nitrogen functional groups attached to an aromatic ring is 1. The molecular formula is C14H22N4OS2. The van der Waals surface area contributed by atoms with E-state index in [0.29, 0.717) is 18.2 Å². The zero-order valence-corrected chi connectivity index (χ0v) is 14.6. The Bertz CT molecular complexity index is 520. The van der Waals surface area contributed by atoms with Gasteiger partial charge in [-0.2, -0.15) is 0 Å². The van der Waals surface area contributed by atoms with Gasteiger partial charge in [0.1, 0.15) is 11.6 Å². The van der Waals surface area contributed by atoms with Crippen molar-refractivity contribution in [1.29, 1.82) is 0 Å². The quantitative estimate of drug-likeness (QED) is 0.448. The van der Waals surface area contributed by atoms with Crippen LogP contribution in [0.15, 0.2) is 16.8 Å². The van der Waals surface area contributed by atoms with E-state index < -0.39 is 0 Å². The fraction of sp³-hybridized carbons (Fsp3) is 0.500. The van der Waals surface area contributed by atoms with Crippen LogP contribution in [-0.4, -0.2) is 27.0 Å². The van der Waals surface area contributed by atoms with Crippen molar-refractivity contribution in [3.05, 3.63) is 28.2 Å². The second-order valence-electron chi connectivity index (χ2n) is 4.61. The van der Waals surface area contributed by atoms with Crippen molar-refractivity contribution >= 4 is 33.8 Å². The molecule has 0 bridgehead atoms. The summed E-state index contributed by atoms with van der Waals surface area (Å²) in [6.45, 7) is 8.28. The predicted octanol–water partition coefficient (Wildman–Crippen LogP) is 3.37. The number of anilines is 1. The Morgan fingerprint density at radius 3 is 2.76 bits per heavy atom. The summed E-state index contributed by atoms with van der Waals surface area (Å²) in [5.41, 5.74) is 7.56. The van der Waals surface area contributed by atoms with E-state index in [2.05, 4.69) is 16.9 Å². The Labute approximate surface area is 134 Å². The first kappa shape index (κ1) is 17.8. The lowest BCUT2D eigenvalue weighted by Crippen LogP contribution is -2.21. The molecule has 0 aliphatic carbocycles. The summed E-state index contributed by atoms with van der Waals surface area (Å²) in [7, 11) is 3.50. The molecule has 0 atom stereocenters. The SMILES string of the molecule is CCCSS/C(C)=C(/C)N(C=O)Cc1cnc(C)nc1N. The van der Waals surface area contributed by atoms with Crippen molar-refractivity contribution in [3.63, 3.8) is 0 Å². The largest absolute Gasteiger partial charge is 0.383 e. The van der Waals surface area contributed by atoms with Crippen LogP contribution in [-0.2, 0) is 11.3 Å². The van der Waals surface area contributed by atoms with Gasteiger partial charge in [-0.15, -0.1) is 0 Å². The molecule has 1 heterocycles. The number of hydrogen-bond acceptors (Lipinski definition) is 6. The average molecular weight is 326 g/mol. The van der Waals surface area contributed by atoms with Crippen LogP contribution in [0.5, 0.6) is 0 Å². The van der Waals surface area contributed by atoms with Crippen molar-refractivity contribution in [1.82, 2.24) is 14.9 Å². The molecule has 0 unspecified atom stereocenters. The molecule has 0 fully saturated rings. The van der Waals surface area contributed by atoms with E-state index in [4.69, 9.17) is 5.73 Å². The molecule has 1 aromatic rings. The van der Waals surface area contributed by atoms with Gasteiger partial charge < -0.3 is 10.6 Å². The number of allylic oxidation sites excluding steroid dienone is 2. The number of aryl methyl sites for hydroxylation is 1. The van der Waals surface area contributed by atoms with Gasteiger partial charge in [-0.25, -0.2) is 9.97 Å². The summed E-state index contributed by atoms with van der Waals surface area (Å²) < 4.78 is 0. The normalized spacial score (nSPS) is 12.0. The summed E-state index contributed by atoms with van der Waals surface area (Å²) >= 11 is 0. The zero-order valence-electron chi connectivity index (χ0n) is 12.9. The molecule has 0 spiro atoms. The van der Waals surface area contributed by atoms with E-state index in [1.54, 1.807) is 39.6 Å². The van der Waals surface area contributed by atoms with Crippen molar-refractivity contribution in [2.75, 3.05) is 11.5 Å². The third-order valence-electron chi connectivity index (χ3n) is 2.90. The number of hydrogen-bond donors (Lipinski definition) is 1. The first-order chi connectivity index (χ1) is 9.99. The average Bonchev–Trinajstić information content (AvgIpc) is 2.46. The smallest absolute Gasteiger partial charge is 0.214 e. The number of nitrogens with two attached hydrogens (primary N) is 1. The Hall–Kier alpha value is -1.21. The minimum atomic E-state index is 0.387. The van der Waals surface area contributed by atoms with E-state index in [1.165, 1.54) is 0 Å². The predicted molar refractivity (Wildman–Crippen MR) is 91.5 cm³/mol. The highest BCUT2D eigenvalue weighted by Gasteiger charge is 2.12. The highest BCUT2D eigenvalue weighted by Crippen LogP contribution is 2.33. The third kappa shape index (κ3) is 5.59. The van der Waals surface area contributed by atoms with Crippen LogP contribution in [0.1, 0.15) is 38.6 Å². The number of carbonyl (C=O) groups excluding carboxylic acids is 1. The van der Waals surface area contributed by atoms with Gasteiger partial charge in [0, 0.05) is 28.1 Å². The Morgan fingerprint density at radius 2 is 2.19 bits per heavy atom. The highest BCUT2D eigenvalue weighted by molar-refractivity contribution is 8.78. The van der Waals surface area contributed by atoms with E-state index in [1.807, 2.05) is 13.8 Å². The number of nitrogens with zero attached hydrogens (tertiary/aromatic N) is 3. The van der Waals surface area contributed by atoms with E-state index in [0.717, 1.165) is 34.7 Å². The van der Waals surface area contributed by atoms with Gasteiger partial charge in [0.25, 0.3) is 0 Å². The van der Waals surface area contributed by atoms with E-state index in [9.17, 15) is 4.79 Å². The summed E-state index contributed by atoms with van der Waals surface area (Å²) in [6, 6.07) is 0. The maximum absolute atomic E-state index is 11.4. The molecule has 21 heavy (non-hydrogen) atoms. The minimum Gasteiger partial charge on any atom is -0.383 e. The van der Waals surface area contributed by atoms with Gasteiger partial charge >= 0.3 is 0 Å². The summed E-state index contributed by atoms with van der Waals surface area (Å²) in [6.07, 6.45) is 3.64. The van der Waals surface area contributed by atoms with Crippen LogP contribution >= 0.6 is 21.6 Å². The van der Waals surface area contributed by atoms with Crippen LogP contribution in [0, 0.1) is 6.92 Å².